The Bertz CT molecular complexity index is 249. The number of nitrogens with two attached hydrogens (primary N) is 1. The van der Waals surface area contributed by atoms with E-state index in [2.05, 4.69) is 16.9 Å². The summed E-state index contributed by atoms with van der Waals surface area (Å²) in [4.78, 5) is 0.152. The Balaban J connectivity index is 4.26. The van der Waals surface area contributed by atoms with Gasteiger partial charge >= 0.3 is 0 Å². The quantitative estimate of drug-likeness (QED) is 0.575. The van der Waals surface area contributed by atoms with Crippen LogP contribution in [0.1, 0.15) is 6.92 Å². The highest BCUT2D eigenvalue weighted by Gasteiger charge is 2.15. The molecule has 0 radical (unpaired) electrons. The lowest BCUT2D eigenvalue weighted by Gasteiger charge is -2.15. The molecule has 0 atom stereocenters. The smallest absolute Gasteiger partial charge is 0.279 e. The van der Waals surface area contributed by atoms with Crippen LogP contribution in [-0.2, 0) is 10.2 Å². The van der Waals surface area contributed by atoms with Gasteiger partial charge in [-0.15, -0.1) is 0 Å². The molecule has 5 nitrogen and oxygen atoms in total. The molecule has 0 aromatic rings. The van der Waals surface area contributed by atoms with E-state index in [1.165, 1.54) is 7.05 Å². The van der Waals surface area contributed by atoms with Crippen LogP contribution >= 0.6 is 12.2 Å². The van der Waals surface area contributed by atoms with Gasteiger partial charge in [0.05, 0.1) is 11.5 Å². The van der Waals surface area contributed by atoms with Gasteiger partial charge in [0.1, 0.15) is 0 Å². The third-order valence-corrected chi connectivity index (χ3v) is 2.85. The number of likely N-dealkylation sites (N-methyl/N-ethyl adjacent to an activating group) is 1. The number of rotatable bonds is 5. The Labute approximate surface area is 78.1 Å². The van der Waals surface area contributed by atoms with Crippen LogP contribution in [0.3, 0.4) is 0 Å². The fourth-order valence-electron chi connectivity index (χ4n) is 0.597. The summed E-state index contributed by atoms with van der Waals surface area (Å²) in [6.07, 6.45) is 0. The van der Waals surface area contributed by atoms with Gasteiger partial charge in [-0.3, -0.25) is 0 Å². The summed E-state index contributed by atoms with van der Waals surface area (Å²) in [5.74, 6) is 0. The van der Waals surface area contributed by atoms with Crippen molar-refractivity contribution in [2.45, 2.75) is 6.92 Å². The van der Waals surface area contributed by atoms with Crippen LogP contribution in [-0.4, -0.2) is 37.8 Å². The van der Waals surface area contributed by atoms with Crippen molar-refractivity contribution < 1.29 is 8.42 Å². The third-order valence-electron chi connectivity index (χ3n) is 1.12. The molecule has 7 heteroatoms. The summed E-state index contributed by atoms with van der Waals surface area (Å²) in [6.45, 7) is 2.11. The first-order valence-corrected chi connectivity index (χ1v) is 5.24. The molecule has 0 aromatic heterocycles. The molecule has 0 fully saturated rings. The van der Waals surface area contributed by atoms with Crippen molar-refractivity contribution in [1.29, 1.82) is 0 Å². The van der Waals surface area contributed by atoms with Crippen LogP contribution in [0.2, 0.25) is 0 Å². The molecular formula is C5H13N3O2S2. The van der Waals surface area contributed by atoms with E-state index in [9.17, 15) is 8.42 Å². The molecule has 12 heavy (non-hydrogen) atoms. The molecule has 3 N–H and O–H groups in total. The summed E-state index contributed by atoms with van der Waals surface area (Å²) >= 11 is 4.57. The highest BCUT2D eigenvalue weighted by atomic mass is 32.2. The predicted molar refractivity (Wildman–Crippen MR) is 52.0 cm³/mol. The molecule has 0 amide bonds. The van der Waals surface area contributed by atoms with E-state index in [0.29, 0.717) is 6.54 Å². The van der Waals surface area contributed by atoms with Crippen LogP contribution < -0.4 is 10.5 Å². The summed E-state index contributed by atoms with van der Waals surface area (Å²) < 4.78 is 25.7. The third kappa shape index (κ3) is 3.96. The van der Waals surface area contributed by atoms with Gasteiger partial charge in [0.15, 0.2) is 0 Å². The molecule has 0 aliphatic rings. The molecule has 0 rings (SSSR count). The van der Waals surface area contributed by atoms with Gasteiger partial charge in [-0.1, -0.05) is 19.1 Å². The zero-order valence-corrected chi connectivity index (χ0v) is 8.70. The van der Waals surface area contributed by atoms with Gasteiger partial charge in [0.2, 0.25) is 0 Å². The van der Waals surface area contributed by atoms with Crippen molar-refractivity contribution in [3.63, 3.8) is 0 Å². The maximum Gasteiger partial charge on any atom is 0.279 e. The molecule has 0 spiro atoms. The largest absolute Gasteiger partial charge is 0.392 e. The Morgan fingerprint density at radius 2 is 2.17 bits per heavy atom. The zero-order valence-electron chi connectivity index (χ0n) is 7.07. The number of nitrogens with one attached hydrogen (secondary N) is 1. The summed E-state index contributed by atoms with van der Waals surface area (Å²) in [5, 5.41) is 0. The second kappa shape index (κ2) is 4.70. The van der Waals surface area contributed by atoms with Gasteiger partial charge in [-0.2, -0.15) is 12.7 Å². The van der Waals surface area contributed by atoms with Crippen molar-refractivity contribution in [3.05, 3.63) is 0 Å². The first-order valence-electron chi connectivity index (χ1n) is 3.39. The van der Waals surface area contributed by atoms with E-state index < -0.39 is 10.2 Å². The molecular weight excluding hydrogens is 198 g/mol. The maximum atomic E-state index is 11.2. The molecule has 0 aliphatic heterocycles. The second-order valence-corrected chi connectivity index (χ2v) is 4.61. The summed E-state index contributed by atoms with van der Waals surface area (Å²) in [6, 6.07) is 0. The molecule has 0 bridgehead atoms. The number of hydrogen-bond donors (Lipinski definition) is 2. The standard InChI is InChI=1S/C5H13N3O2S2/c1-3-7-12(9,10)8(2)4-5(6)11/h7H,3-4H2,1-2H3,(H2,6,11). The molecule has 0 saturated heterocycles. The normalized spacial score (nSPS) is 11.9. The van der Waals surface area contributed by atoms with Gasteiger partial charge in [0.25, 0.3) is 10.2 Å². The number of nitrogens with zero attached hydrogens (tertiary/aromatic N) is 1. The van der Waals surface area contributed by atoms with E-state index in [0.717, 1.165) is 4.31 Å². The van der Waals surface area contributed by atoms with Gasteiger partial charge in [-0.05, 0) is 0 Å². The average Bonchev–Trinajstić information content (AvgIpc) is 1.85. The minimum Gasteiger partial charge on any atom is -0.392 e. The number of hydrogen-bond acceptors (Lipinski definition) is 3. The SMILES string of the molecule is CCNS(=O)(=O)N(C)CC(N)=S. The predicted octanol–water partition coefficient (Wildman–Crippen LogP) is -0.941. The second-order valence-electron chi connectivity index (χ2n) is 2.23. The van der Waals surface area contributed by atoms with E-state index in [1.807, 2.05) is 0 Å². The molecule has 72 valence electrons. The van der Waals surface area contributed by atoms with Crippen LogP contribution in [0, 0.1) is 0 Å². The monoisotopic (exact) mass is 211 g/mol. The van der Waals surface area contributed by atoms with E-state index in [1.54, 1.807) is 6.92 Å². The fraction of sp³-hybridized carbons (Fsp3) is 0.800. The lowest BCUT2D eigenvalue weighted by Crippen LogP contribution is -2.41. The maximum absolute atomic E-state index is 11.2. The molecule has 0 unspecified atom stereocenters. The molecule has 0 aliphatic carbocycles. The van der Waals surface area contributed by atoms with Gasteiger partial charge in [0, 0.05) is 13.6 Å². The fourth-order valence-corrected chi connectivity index (χ4v) is 1.77. The lowest BCUT2D eigenvalue weighted by atomic mass is 10.7. The van der Waals surface area contributed by atoms with Crippen LogP contribution in [0.4, 0.5) is 0 Å². The lowest BCUT2D eigenvalue weighted by molar-refractivity contribution is 0.494. The highest BCUT2D eigenvalue weighted by molar-refractivity contribution is 7.87. The van der Waals surface area contributed by atoms with Crippen molar-refractivity contribution in [1.82, 2.24) is 9.03 Å². The number of thiocarbonyl (C=S) groups is 1. The first kappa shape index (κ1) is 11.8. The topological polar surface area (TPSA) is 75.4 Å². The van der Waals surface area contributed by atoms with Crippen molar-refractivity contribution in [2.24, 2.45) is 5.73 Å². The van der Waals surface area contributed by atoms with E-state index in [-0.39, 0.29) is 11.5 Å². The zero-order chi connectivity index (χ0) is 9.78. The Hall–Kier alpha value is -0.240. The Morgan fingerprint density at radius 3 is 2.50 bits per heavy atom. The average molecular weight is 211 g/mol. The minimum absolute atomic E-state index is 0.0602. The minimum atomic E-state index is -3.39. The van der Waals surface area contributed by atoms with E-state index in [4.69, 9.17) is 5.73 Å². The van der Waals surface area contributed by atoms with Crippen molar-refractivity contribution >= 4 is 27.4 Å². The van der Waals surface area contributed by atoms with Gasteiger partial charge < -0.3 is 5.73 Å². The van der Waals surface area contributed by atoms with Crippen LogP contribution in [0.5, 0.6) is 0 Å². The van der Waals surface area contributed by atoms with Crippen molar-refractivity contribution in [2.75, 3.05) is 20.1 Å². The first-order chi connectivity index (χ1) is 5.40. The van der Waals surface area contributed by atoms with Crippen LogP contribution in [0.15, 0.2) is 0 Å². The molecule has 0 aromatic carbocycles. The van der Waals surface area contributed by atoms with Gasteiger partial charge in [-0.25, -0.2) is 4.72 Å². The Kier molecular flexibility index (Phi) is 4.61. The highest BCUT2D eigenvalue weighted by Crippen LogP contribution is 1.91. The summed E-state index contributed by atoms with van der Waals surface area (Å²) in [5.41, 5.74) is 5.18. The van der Waals surface area contributed by atoms with E-state index >= 15 is 0 Å². The summed E-state index contributed by atoms with van der Waals surface area (Å²) in [7, 11) is -1.98. The van der Waals surface area contributed by atoms with Crippen molar-refractivity contribution in [3.8, 4) is 0 Å². The Morgan fingerprint density at radius 1 is 1.67 bits per heavy atom. The molecule has 0 heterocycles. The molecule has 0 saturated carbocycles. The van der Waals surface area contributed by atoms with Crippen LogP contribution in [0.25, 0.3) is 0 Å².